The van der Waals surface area contributed by atoms with E-state index in [4.69, 9.17) is 10.2 Å². The number of carboxylic acid groups (broad SMARTS) is 2. The van der Waals surface area contributed by atoms with Crippen LogP contribution in [0.2, 0.25) is 0 Å². The molecule has 0 aromatic carbocycles. The first kappa shape index (κ1) is 8.45. The highest BCUT2D eigenvalue weighted by molar-refractivity contribution is 6.05. The molecule has 0 aromatic heterocycles. The van der Waals surface area contributed by atoms with E-state index < -0.39 is 17.5 Å². The van der Waals surface area contributed by atoms with Crippen LogP contribution < -0.4 is 0 Å². The van der Waals surface area contributed by atoms with Crippen molar-refractivity contribution in [3.8, 4) is 0 Å². The molecule has 0 unspecified atom stereocenters. The first-order valence-electron chi connectivity index (χ1n) is 3.27. The molecule has 0 bridgehead atoms. The van der Waals surface area contributed by atoms with Gasteiger partial charge in [0, 0.05) is 12.6 Å². The van der Waals surface area contributed by atoms with Crippen molar-refractivity contribution in [2.45, 2.75) is 12.0 Å². The van der Waals surface area contributed by atoms with Crippen LogP contribution in [0.4, 0.5) is 0 Å². The van der Waals surface area contributed by atoms with Crippen molar-refractivity contribution in [1.82, 2.24) is 0 Å². The quantitative estimate of drug-likeness (QED) is 0.566. The van der Waals surface area contributed by atoms with Crippen LogP contribution in [0.3, 0.4) is 0 Å². The number of carboxylic acids is 2. The molecule has 0 atom stereocenters. The highest BCUT2D eigenvalue weighted by Gasteiger charge is 2.45. The summed E-state index contributed by atoms with van der Waals surface area (Å²) in [5.74, 6) is -2.87. The van der Waals surface area contributed by atoms with Gasteiger partial charge in [0.2, 0.25) is 0 Å². The van der Waals surface area contributed by atoms with Gasteiger partial charge in [-0.15, -0.1) is 0 Å². The molecule has 0 saturated heterocycles. The Labute approximate surface area is 68.0 Å². The van der Waals surface area contributed by atoms with E-state index in [1.54, 1.807) is 0 Å². The molecule has 5 nitrogen and oxygen atoms in total. The first-order chi connectivity index (χ1) is 5.59. The second-order valence-corrected chi connectivity index (χ2v) is 2.38. The maximum atomic E-state index is 10.6. The molecule has 5 heteroatoms. The molecular formula is C7H7NO4. The Morgan fingerprint density at radius 1 is 1.33 bits per heavy atom. The lowest BCUT2D eigenvalue weighted by atomic mass is 9.94. The molecule has 1 aliphatic heterocycles. The zero-order chi connectivity index (χ0) is 9.19. The maximum Gasteiger partial charge on any atom is 0.343 e. The standard InChI is InChI=1S/C7H7NO4/c9-5(10)7(6(11)12)3-1-2-4-8-7/h1-2,4H,3H2,(H,9,10)(H,11,12). The predicted molar refractivity (Wildman–Crippen MR) is 40.3 cm³/mol. The second kappa shape index (κ2) is 2.77. The molecule has 0 radical (unpaired) electrons. The minimum absolute atomic E-state index is 0.103. The fourth-order valence-electron chi connectivity index (χ4n) is 0.899. The average Bonchev–Trinajstić information content (AvgIpc) is 2.05. The third kappa shape index (κ3) is 1.09. The van der Waals surface area contributed by atoms with Crippen LogP contribution in [-0.2, 0) is 9.59 Å². The van der Waals surface area contributed by atoms with Crippen molar-refractivity contribution < 1.29 is 19.8 Å². The van der Waals surface area contributed by atoms with E-state index in [-0.39, 0.29) is 6.42 Å². The van der Waals surface area contributed by atoms with Gasteiger partial charge in [-0.1, -0.05) is 6.08 Å². The zero-order valence-corrected chi connectivity index (χ0v) is 6.10. The van der Waals surface area contributed by atoms with Crippen LogP contribution in [0, 0.1) is 0 Å². The Morgan fingerprint density at radius 2 is 1.92 bits per heavy atom. The summed E-state index contributed by atoms with van der Waals surface area (Å²) in [5.41, 5.74) is -2.01. The van der Waals surface area contributed by atoms with Gasteiger partial charge in [-0.25, -0.2) is 9.59 Å². The maximum absolute atomic E-state index is 10.6. The summed E-state index contributed by atoms with van der Waals surface area (Å²) in [7, 11) is 0. The Hall–Kier alpha value is -1.65. The van der Waals surface area contributed by atoms with Gasteiger partial charge in [-0.3, -0.25) is 4.99 Å². The van der Waals surface area contributed by atoms with E-state index in [1.807, 2.05) is 0 Å². The van der Waals surface area contributed by atoms with E-state index in [2.05, 4.69) is 4.99 Å². The Kier molecular flexibility index (Phi) is 1.95. The summed E-state index contributed by atoms with van der Waals surface area (Å²) in [6, 6.07) is 0. The smallest absolute Gasteiger partial charge is 0.343 e. The summed E-state index contributed by atoms with van der Waals surface area (Å²) >= 11 is 0. The molecule has 0 spiro atoms. The van der Waals surface area contributed by atoms with Crippen LogP contribution in [0.5, 0.6) is 0 Å². The number of aliphatic carboxylic acids is 2. The van der Waals surface area contributed by atoms with E-state index in [0.717, 1.165) is 0 Å². The summed E-state index contributed by atoms with van der Waals surface area (Å²) in [5, 5.41) is 17.3. The number of dihydropyridines is 1. The Morgan fingerprint density at radius 3 is 2.17 bits per heavy atom. The number of carbonyl (C=O) groups is 2. The SMILES string of the molecule is O=C(O)C1(C(=O)O)CC=CC=N1. The average molecular weight is 169 g/mol. The van der Waals surface area contributed by atoms with E-state index in [0.29, 0.717) is 0 Å². The van der Waals surface area contributed by atoms with Gasteiger partial charge in [0.25, 0.3) is 5.54 Å². The van der Waals surface area contributed by atoms with Gasteiger partial charge in [0.05, 0.1) is 0 Å². The minimum atomic E-state index is -2.01. The molecule has 0 amide bonds. The molecule has 0 aromatic rings. The van der Waals surface area contributed by atoms with E-state index in [1.165, 1.54) is 18.4 Å². The summed E-state index contributed by atoms with van der Waals surface area (Å²) in [6.07, 6.45) is 4.07. The molecule has 2 N–H and O–H groups in total. The van der Waals surface area contributed by atoms with Gasteiger partial charge in [0.15, 0.2) is 0 Å². The monoisotopic (exact) mass is 169 g/mol. The molecule has 64 valence electrons. The lowest BCUT2D eigenvalue weighted by Crippen LogP contribution is -2.45. The van der Waals surface area contributed by atoms with Gasteiger partial charge >= 0.3 is 11.9 Å². The molecule has 12 heavy (non-hydrogen) atoms. The van der Waals surface area contributed by atoms with Crippen molar-refractivity contribution in [2.75, 3.05) is 0 Å². The van der Waals surface area contributed by atoms with Crippen molar-refractivity contribution in [3.63, 3.8) is 0 Å². The van der Waals surface area contributed by atoms with Crippen molar-refractivity contribution >= 4 is 18.2 Å². The third-order valence-electron chi connectivity index (χ3n) is 1.64. The minimum Gasteiger partial charge on any atom is -0.479 e. The number of allylic oxidation sites excluding steroid dienone is 1. The number of aliphatic imine (C=N–C) groups is 1. The van der Waals surface area contributed by atoms with Gasteiger partial charge < -0.3 is 10.2 Å². The van der Waals surface area contributed by atoms with Crippen molar-refractivity contribution in [1.29, 1.82) is 0 Å². The molecule has 1 aliphatic rings. The second-order valence-electron chi connectivity index (χ2n) is 2.38. The largest absolute Gasteiger partial charge is 0.479 e. The highest BCUT2D eigenvalue weighted by atomic mass is 16.4. The summed E-state index contributed by atoms with van der Waals surface area (Å²) < 4.78 is 0. The van der Waals surface area contributed by atoms with Crippen LogP contribution in [0.25, 0.3) is 0 Å². The van der Waals surface area contributed by atoms with E-state index >= 15 is 0 Å². The third-order valence-corrected chi connectivity index (χ3v) is 1.64. The fraction of sp³-hybridized carbons (Fsp3) is 0.286. The Balaban J connectivity index is 3.04. The van der Waals surface area contributed by atoms with Crippen molar-refractivity contribution in [3.05, 3.63) is 12.2 Å². The molecule has 0 fully saturated rings. The van der Waals surface area contributed by atoms with Gasteiger partial charge in [0.1, 0.15) is 0 Å². The zero-order valence-electron chi connectivity index (χ0n) is 6.10. The van der Waals surface area contributed by atoms with Gasteiger partial charge in [-0.2, -0.15) is 0 Å². The molecular weight excluding hydrogens is 162 g/mol. The highest BCUT2D eigenvalue weighted by Crippen LogP contribution is 2.20. The first-order valence-corrected chi connectivity index (χ1v) is 3.27. The predicted octanol–water partition coefficient (Wildman–Crippen LogP) is -0.0749. The Bertz CT molecular complexity index is 265. The van der Waals surface area contributed by atoms with E-state index in [9.17, 15) is 9.59 Å². The number of nitrogens with zero attached hydrogens (tertiary/aromatic N) is 1. The lowest BCUT2D eigenvalue weighted by Gasteiger charge is -2.19. The molecule has 1 heterocycles. The van der Waals surface area contributed by atoms with Crippen LogP contribution in [-0.4, -0.2) is 33.9 Å². The normalized spacial score (nSPS) is 19.0. The molecule has 0 aliphatic carbocycles. The number of rotatable bonds is 2. The van der Waals surface area contributed by atoms with Crippen molar-refractivity contribution in [2.24, 2.45) is 4.99 Å². The number of hydrogen-bond donors (Lipinski definition) is 2. The summed E-state index contributed by atoms with van der Waals surface area (Å²) in [4.78, 5) is 24.6. The lowest BCUT2D eigenvalue weighted by molar-refractivity contribution is -0.156. The van der Waals surface area contributed by atoms with Crippen LogP contribution in [0.1, 0.15) is 6.42 Å². The van der Waals surface area contributed by atoms with Crippen LogP contribution >= 0.6 is 0 Å². The fourth-order valence-corrected chi connectivity index (χ4v) is 0.899. The molecule has 1 rings (SSSR count). The molecule has 0 saturated carbocycles. The van der Waals surface area contributed by atoms with Gasteiger partial charge in [-0.05, 0) is 6.08 Å². The number of hydrogen-bond acceptors (Lipinski definition) is 3. The topological polar surface area (TPSA) is 87.0 Å². The summed E-state index contributed by atoms with van der Waals surface area (Å²) in [6.45, 7) is 0. The van der Waals surface area contributed by atoms with Crippen LogP contribution in [0.15, 0.2) is 17.1 Å².